The zero-order chi connectivity index (χ0) is 13.1. The number of halogens is 3. The molecule has 0 bridgehead atoms. The van der Waals surface area contributed by atoms with Crippen LogP contribution >= 0.6 is 23.2 Å². The van der Waals surface area contributed by atoms with Gasteiger partial charge in [0.05, 0.1) is 16.9 Å². The zero-order valence-electron chi connectivity index (χ0n) is 9.67. The summed E-state index contributed by atoms with van der Waals surface area (Å²) in [4.78, 5) is 3.99. The van der Waals surface area contributed by atoms with Crippen LogP contribution in [0, 0.1) is 12.7 Å². The third-order valence-corrected chi connectivity index (χ3v) is 3.06. The number of anilines is 1. The first-order valence-electron chi connectivity index (χ1n) is 5.36. The van der Waals surface area contributed by atoms with Crippen LogP contribution < -0.4 is 5.32 Å². The number of aryl methyl sites for hydroxylation is 1. The topological polar surface area (TPSA) is 24.9 Å². The summed E-state index contributed by atoms with van der Waals surface area (Å²) in [6.45, 7) is 2.43. The molecule has 0 fully saturated rings. The molecule has 0 saturated carbocycles. The number of hydrogen-bond donors (Lipinski definition) is 1. The molecule has 0 saturated heterocycles. The second-order valence-corrected chi connectivity index (χ2v) is 4.72. The van der Waals surface area contributed by atoms with Crippen molar-refractivity contribution in [3.63, 3.8) is 0 Å². The standard InChI is InChI=1S/C13H11Cl2FN2/c1-8-4-13(15)18-7-12(8)17-6-9-2-3-10(14)11(16)5-9/h2-5,7,17H,6H2,1H3. The highest BCUT2D eigenvalue weighted by Gasteiger charge is 2.03. The summed E-state index contributed by atoms with van der Waals surface area (Å²) in [5.74, 6) is -0.415. The fourth-order valence-corrected chi connectivity index (χ4v) is 1.88. The lowest BCUT2D eigenvalue weighted by molar-refractivity contribution is 0.626. The summed E-state index contributed by atoms with van der Waals surface area (Å²) in [6.07, 6.45) is 1.66. The molecule has 0 aliphatic carbocycles. The van der Waals surface area contributed by atoms with E-state index in [9.17, 15) is 4.39 Å². The minimum absolute atomic E-state index is 0.128. The van der Waals surface area contributed by atoms with E-state index in [4.69, 9.17) is 23.2 Å². The van der Waals surface area contributed by atoms with Crippen molar-refractivity contribution in [1.29, 1.82) is 0 Å². The third kappa shape index (κ3) is 3.12. The van der Waals surface area contributed by atoms with Crippen molar-refractivity contribution < 1.29 is 4.39 Å². The van der Waals surface area contributed by atoms with Crippen LogP contribution in [0.2, 0.25) is 10.2 Å². The van der Waals surface area contributed by atoms with Crippen molar-refractivity contribution in [1.82, 2.24) is 4.98 Å². The monoisotopic (exact) mass is 284 g/mol. The van der Waals surface area contributed by atoms with Gasteiger partial charge in [-0.1, -0.05) is 29.3 Å². The number of benzene rings is 1. The van der Waals surface area contributed by atoms with E-state index < -0.39 is 5.82 Å². The van der Waals surface area contributed by atoms with Gasteiger partial charge in [-0.25, -0.2) is 9.37 Å². The van der Waals surface area contributed by atoms with E-state index in [-0.39, 0.29) is 5.02 Å². The van der Waals surface area contributed by atoms with Gasteiger partial charge in [-0.3, -0.25) is 0 Å². The Morgan fingerprint density at radius 3 is 2.72 bits per heavy atom. The van der Waals surface area contributed by atoms with E-state index in [0.29, 0.717) is 11.7 Å². The van der Waals surface area contributed by atoms with Gasteiger partial charge in [0.15, 0.2) is 0 Å². The van der Waals surface area contributed by atoms with Crippen LogP contribution in [-0.4, -0.2) is 4.98 Å². The molecule has 2 rings (SSSR count). The van der Waals surface area contributed by atoms with Crippen LogP contribution in [0.3, 0.4) is 0 Å². The largest absolute Gasteiger partial charge is 0.380 e. The second-order valence-electron chi connectivity index (χ2n) is 3.92. The molecule has 0 aliphatic rings. The van der Waals surface area contributed by atoms with Crippen LogP contribution in [0.5, 0.6) is 0 Å². The maximum atomic E-state index is 13.2. The molecule has 2 nitrogen and oxygen atoms in total. The van der Waals surface area contributed by atoms with E-state index in [2.05, 4.69) is 10.3 Å². The molecule has 0 radical (unpaired) electrons. The molecule has 18 heavy (non-hydrogen) atoms. The molecule has 1 N–H and O–H groups in total. The van der Waals surface area contributed by atoms with Gasteiger partial charge in [0.1, 0.15) is 11.0 Å². The van der Waals surface area contributed by atoms with Gasteiger partial charge in [-0.2, -0.15) is 0 Å². The maximum Gasteiger partial charge on any atom is 0.142 e. The van der Waals surface area contributed by atoms with Gasteiger partial charge in [0.2, 0.25) is 0 Å². The molecule has 1 aromatic carbocycles. The molecule has 0 unspecified atom stereocenters. The summed E-state index contributed by atoms with van der Waals surface area (Å²) in [5.41, 5.74) is 2.67. The summed E-state index contributed by atoms with van der Waals surface area (Å²) in [7, 11) is 0. The van der Waals surface area contributed by atoms with Crippen LogP contribution in [-0.2, 0) is 6.54 Å². The fraction of sp³-hybridized carbons (Fsp3) is 0.154. The number of aromatic nitrogens is 1. The first-order chi connectivity index (χ1) is 8.56. The highest BCUT2D eigenvalue weighted by Crippen LogP contribution is 2.19. The maximum absolute atomic E-state index is 13.2. The van der Waals surface area contributed by atoms with Crippen molar-refractivity contribution in [2.24, 2.45) is 0 Å². The van der Waals surface area contributed by atoms with Gasteiger partial charge in [0, 0.05) is 6.54 Å². The van der Waals surface area contributed by atoms with Crippen LogP contribution in [0.25, 0.3) is 0 Å². The van der Waals surface area contributed by atoms with Crippen LogP contribution in [0.1, 0.15) is 11.1 Å². The average Bonchev–Trinajstić information content (AvgIpc) is 2.32. The Hall–Kier alpha value is -1.32. The second kappa shape index (κ2) is 5.55. The zero-order valence-corrected chi connectivity index (χ0v) is 11.2. The highest BCUT2D eigenvalue weighted by molar-refractivity contribution is 6.30. The van der Waals surface area contributed by atoms with Gasteiger partial charge in [-0.15, -0.1) is 0 Å². The molecule has 0 amide bonds. The number of hydrogen-bond acceptors (Lipinski definition) is 2. The smallest absolute Gasteiger partial charge is 0.142 e. The molecule has 5 heteroatoms. The quantitative estimate of drug-likeness (QED) is 0.843. The van der Waals surface area contributed by atoms with Gasteiger partial charge < -0.3 is 5.32 Å². The Labute approximate surface area is 115 Å². The molecule has 94 valence electrons. The predicted molar refractivity (Wildman–Crippen MR) is 72.7 cm³/mol. The Morgan fingerprint density at radius 1 is 1.28 bits per heavy atom. The SMILES string of the molecule is Cc1cc(Cl)ncc1NCc1ccc(Cl)c(F)c1. The highest BCUT2D eigenvalue weighted by atomic mass is 35.5. The fourth-order valence-electron chi connectivity index (χ4n) is 1.55. The van der Waals surface area contributed by atoms with E-state index >= 15 is 0 Å². The molecular weight excluding hydrogens is 274 g/mol. The Balaban J connectivity index is 2.09. The number of rotatable bonds is 3. The first-order valence-corrected chi connectivity index (χ1v) is 6.12. The van der Waals surface area contributed by atoms with Crippen molar-refractivity contribution in [2.45, 2.75) is 13.5 Å². The van der Waals surface area contributed by atoms with E-state index in [0.717, 1.165) is 16.8 Å². The first kappa shape index (κ1) is 13.1. The normalized spacial score (nSPS) is 10.4. The average molecular weight is 285 g/mol. The summed E-state index contributed by atoms with van der Waals surface area (Å²) < 4.78 is 13.2. The Kier molecular flexibility index (Phi) is 4.04. The Bertz CT molecular complexity index is 573. The van der Waals surface area contributed by atoms with Gasteiger partial charge >= 0.3 is 0 Å². The van der Waals surface area contributed by atoms with Crippen LogP contribution in [0.15, 0.2) is 30.5 Å². The molecule has 2 aromatic rings. The molecule has 1 heterocycles. The van der Waals surface area contributed by atoms with Crippen molar-refractivity contribution in [3.05, 3.63) is 57.6 Å². The van der Waals surface area contributed by atoms with Gasteiger partial charge in [0.25, 0.3) is 0 Å². The predicted octanol–water partition coefficient (Wildman–Crippen LogP) is 4.45. The third-order valence-electron chi connectivity index (χ3n) is 2.54. The van der Waals surface area contributed by atoms with Crippen LogP contribution in [0.4, 0.5) is 10.1 Å². The minimum atomic E-state index is -0.415. The minimum Gasteiger partial charge on any atom is -0.380 e. The van der Waals surface area contributed by atoms with Gasteiger partial charge in [-0.05, 0) is 36.2 Å². The number of nitrogens with zero attached hydrogens (tertiary/aromatic N) is 1. The van der Waals surface area contributed by atoms with E-state index in [1.54, 1.807) is 24.4 Å². The van der Waals surface area contributed by atoms with Crippen molar-refractivity contribution >= 4 is 28.9 Å². The van der Waals surface area contributed by atoms with E-state index in [1.165, 1.54) is 6.07 Å². The molecule has 0 atom stereocenters. The summed E-state index contributed by atoms with van der Waals surface area (Å²) in [5, 5.41) is 3.75. The lowest BCUT2D eigenvalue weighted by atomic mass is 10.2. The summed E-state index contributed by atoms with van der Waals surface area (Å²) in [6, 6.07) is 6.50. The molecule has 0 spiro atoms. The lowest BCUT2D eigenvalue weighted by Crippen LogP contribution is -2.02. The van der Waals surface area contributed by atoms with Crippen molar-refractivity contribution in [2.75, 3.05) is 5.32 Å². The Morgan fingerprint density at radius 2 is 2.06 bits per heavy atom. The molecular formula is C13H11Cl2FN2. The number of pyridine rings is 1. The van der Waals surface area contributed by atoms with E-state index in [1.807, 2.05) is 6.92 Å². The molecule has 1 aromatic heterocycles. The van der Waals surface area contributed by atoms with Crippen molar-refractivity contribution in [3.8, 4) is 0 Å². The lowest BCUT2D eigenvalue weighted by Gasteiger charge is -2.09. The summed E-state index contributed by atoms with van der Waals surface area (Å²) >= 11 is 11.4. The molecule has 0 aliphatic heterocycles. The number of nitrogens with one attached hydrogen (secondary N) is 1.